The minimum atomic E-state index is -0.986. The van der Waals surface area contributed by atoms with Crippen LogP contribution < -0.4 is 5.32 Å². The summed E-state index contributed by atoms with van der Waals surface area (Å²) in [6, 6.07) is 2.12. The van der Waals surface area contributed by atoms with E-state index in [0.717, 1.165) is 19.2 Å². The molecule has 0 unspecified atom stereocenters. The van der Waals surface area contributed by atoms with Crippen LogP contribution in [0.3, 0.4) is 0 Å². The van der Waals surface area contributed by atoms with E-state index >= 15 is 0 Å². The number of aromatic hydroxyl groups is 1. The Morgan fingerprint density at radius 3 is 2.50 bits per heavy atom. The lowest BCUT2D eigenvalue weighted by atomic mass is 10.1. The highest BCUT2D eigenvalue weighted by Crippen LogP contribution is 2.35. The normalized spacial score (nSPS) is 9.67. The molecule has 1 aromatic rings. The van der Waals surface area contributed by atoms with E-state index in [-0.39, 0.29) is 5.69 Å². The Morgan fingerprint density at radius 1 is 1.44 bits per heavy atom. The summed E-state index contributed by atoms with van der Waals surface area (Å²) in [5.41, 5.74) is -1.16. The highest BCUT2D eigenvalue weighted by atomic mass is 16.6. The van der Waals surface area contributed by atoms with Crippen LogP contribution in [0.25, 0.3) is 0 Å². The number of carbonyl (C=O) groups is 2. The molecule has 0 aromatic heterocycles. The van der Waals surface area contributed by atoms with Gasteiger partial charge in [0.15, 0.2) is 0 Å². The van der Waals surface area contributed by atoms with Gasteiger partial charge in [0.2, 0.25) is 11.7 Å². The molecule has 8 heteroatoms. The van der Waals surface area contributed by atoms with Gasteiger partial charge in [0.05, 0.1) is 17.7 Å². The molecule has 1 amide bonds. The van der Waals surface area contributed by atoms with Gasteiger partial charge in [-0.25, -0.2) is 4.79 Å². The van der Waals surface area contributed by atoms with Gasteiger partial charge in [-0.05, 0) is 6.07 Å². The molecule has 8 nitrogen and oxygen atoms in total. The van der Waals surface area contributed by atoms with Gasteiger partial charge in [-0.15, -0.1) is 0 Å². The van der Waals surface area contributed by atoms with Gasteiger partial charge in [-0.3, -0.25) is 14.9 Å². The number of nitro benzene ring substituents is 1. The number of carbonyl (C=O) groups excluding carboxylic acids is 2. The maximum atomic E-state index is 11.5. The summed E-state index contributed by atoms with van der Waals surface area (Å²) in [6.45, 7) is 1.19. The van der Waals surface area contributed by atoms with Crippen molar-refractivity contribution in [2.45, 2.75) is 6.92 Å². The number of esters is 1. The molecule has 1 aromatic carbocycles. The lowest BCUT2D eigenvalue weighted by Crippen LogP contribution is -2.12. The van der Waals surface area contributed by atoms with Crippen molar-refractivity contribution < 1.29 is 24.4 Å². The fourth-order valence-electron chi connectivity index (χ4n) is 1.33. The Balaban J connectivity index is 3.45. The first-order valence-electron chi connectivity index (χ1n) is 4.74. The molecule has 0 aliphatic rings. The third-order valence-electron chi connectivity index (χ3n) is 2.05. The molecule has 0 fully saturated rings. The van der Waals surface area contributed by atoms with Crippen molar-refractivity contribution in [1.82, 2.24) is 0 Å². The quantitative estimate of drug-likeness (QED) is 0.472. The van der Waals surface area contributed by atoms with Crippen LogP contribution in [0.4, 0.5) is 11.4 Å². The van der Waals surface area contributed by atoms with Crippen molar-refractivity contribution in [1.29, 1.82) is 0 Å². The molecule has 1 rings (SSSR count). The molecule has 2 N–H and O–H groups in total. The number of phenolic OH excluding ortho intramolecular Hbond substituents is 1. The van der Waals surface area contributed by atoms with Gasteiger partial charge in [0.25, 0.3) is 0 Å². The number of nitrogens with one attached hydrogen (secondary N) is 1. The summed E-state index contributed by atoms with van der Waals surface area (Å²) in [5, 5.41) is 22.6. The summed E-state index contributed by atoms with van der Waals surface area (Å²) >= 11 is 0. The number of nitro groups is 1. The molecule has 0 bridgehead atoms. The summed E-state index contributed by atoms with van der Waals surface area (Å²) in [5.74, 6) is -2.33. The van der Waals surface area contributed by atoms with Crippen molar-refractivity contribution in [2.75, 3.05) is 12.4 Å². The van der Waals surface area contributed by atoms with Crippen molar-refractivity contribution in [3.63, 3.8) is 0 Å². The van der Waals surface area contributed by atoms with Crippen LogP contribution in [0.5, 0.6) is 5.75 Å². The van der Waals surface area contributed by atoms with E-state index in [9.17, 15) is 24.8 Å². The zero-order chi connectivity index (χ0) is 13.9. The fraction of sp³-hybridized carbons (Fsp3) is 0.200. The first-order valence-corrected chi connectivity index (χ1v) is 4.74. The van der Waals surface area contributed by atoms with Crippen LogP contribution in [0, 0.1) is 10.1 Å². The maximum absolute atomic E-state index is 11.5. The smallest absolute Gasteiger partial charge is 0.344 e. The summed E-state index contributed by atoms with van der Waals surface area (Å²) in [4.78, 5) is 32.2. The number of anilines is 1. The Bertz CT molecular complexity index is 525. The Morgan fingerprint density at radius 2 is 2.06 bits per heavy atom. The monoisotopic (exact) mass is 254 g/mol. The minimum absolute atomic E-state index is 0.0579. The fourth-order valence-corrected chi connectivity index (χ4v) is 1.33. The number of rotatable bonds is 3. The molecular formula is C10H10N2O6. The second-order valence-electron chi connectivity index (χ2n) is 3.29. The zero-order valence-electron chi connectivity index (χ0n) is 9.59. The molecule has 18 heavy (non-hydrogen) atoms. The van der Waals surface area contributed by atoms with Crippen molar-refractivity contribution in [3.8, 4) is 5.75 Å². The van der Waals surface area contributed by atoms with Gasteiger partial charge < -0.3 is 15.2 Å². The first kappa shape index (κ1) is 13.4. The van der Waals surface area contributed by atoms with Crippen LogP contribution in [0.1, 0.15) is 17.3 Å². The summed E-state index contributed by atoms with van der Waals surface area (Å²) in [6.07, 6.45) is 0. The van der Waals surface area contributed by atoms with Crippen molar-refractivity contribution in [2.24, 2.45) is 0 Å². The third kappa shape index (κ3) is 2.54. The molecule has 96 valence electrons. The number of ether oxygens (including phenoxy) is 1. The average molecular weight is 254 g/mol. The van der Waals surface area contributed by atoms with E-state index < -0.39 is 33.8 Å². The molecular weight excluding hydrogens is 244 g/mol. The maximum Gasteiger partial charge on any atom is 0.344 e. The van der Waals surface area contributed by atoms with Crippen LogP contribution in [-0.4, -0.2) is 29.0 Å². The topological polar surface area (TPSA) is 119 Å². The number of benzene rings is 1. The van der Waals surface area contributed by atoms with Crippen LogP contribution in [0.15, 0.2) is 12.1 Å². The zero-order valence-corrected chi connectivity index (χ0v) is 9.59. The molecule has 0 aliphatic carbocycles. The van der Waals surface area contributed by atoms with Gasteiger partial charge >= 0.3 is 11.7 Å². The number of nitrogens with zero attached hydrogens (tertiary/aromatic N) is 1. The first-order chi connectivity index (χ1) is 8.38. The molecule has 0 spiro atoms. The Hall–Kier alpha value is -2.64. The Labute approximate surface area is 101 Å². The summed E-state index contributed by atoms with van der Waals surface area (Å²) < 4.78 is 4.40. The molecule has 0 aliphatic heterocycles. The average Bonchev–Trinajstić information content (AvgIpc) is 2.27. The summed E-state index contributed by atoms with van der Waals surface area (Å²) in [7, 11) is 1.05. The van der Waals surface area contributed by atoms with Gasteiger partial charge in [-0.2, -0.15) is 0 Å². The second-order valence-corrected chi connectivity index (χ2v) is 3.29. The molecule has 0 atom stereocenters. The molecule has 0 radical (unpaired) electrons. The van der Waals surface area contributed by atoms with E-state index in [2.05, 4.69) is 10.1 Å². The van der Waals surface area contributed by atoms with Crippen LogP contribution in [-0.2, 0) is 9.53 Å². The number of hydrogen-bond acceptors (Lipinski definition) is 6. The highest BCUT2D eigenvalue weighted by molar-refractivity contribution is 6.03. The number of methoxy groups -OCH3 is 1. The molecule has 0 saturated heterocycles. The van der Waals surface area contributed by atoms with E-state index in [0.29, 0.717) is 0 Å². The van der Waals surface area contributed by atoms with Gasteiger partial charge in [0.1, 0.15) is 5.56 Å². The Kier molecular flexibility index (Phi) is 3.82. The predicted octanol–water partition coefficient (Wildman–Crippen LogP) is 1.05. The van der Waals surface area contributed by atoms with E-state index in [4.69, 9.17) is 0 Å². The van der Waals surface area contributed by atoms with E-state index in [1.165, 1.54) is 6.92 Å². The SMILES string of the molecule is COC(=O)c1c(NC(C)=O)ccc([N+](=O)[O-])c1O. The molecule has 0 heterocycles. The highest BCUT2D eigenvalue weighted by Gasteiger charge is 2.26. The van der Waals surface area contributed by atoms with Gasteiger partial charge in [0, 0.05) is 13.0 Å². The van der Waals surface area contributed by atoms with E-state index in [1.54, 1.807) is 0 Å². The van der Waals surface area contributed by atoms with Crippen LogP contribution in [0.2, 0.25) is 0 Å². The van der Waals surface area contributed by atoms with Crippen molar-refractivity contribution >= 4 is 23.3 Å². The largest absolute Gasteiger partial charge is 0.501 e. The van der Waals surface area contributed by atoms with Crippen molar-refractivity contribution in [3.05, 3.63) is 27.8 Å². The predicted molar refractivity (Wildman–Crippen MR) is 60.4 cm³/mol. The van der Waals surface area contributed by atoms with Crippen LogP contribution >= 0.6 is 0 Å². The number of hydrogen-bond donors (Lipinski definition) is 2. The lowest BCUT2D eigenvalue weighted by Gasteiger charge is -2.09. The second kappa shape index (κ2) is 5.13. The standard InChI is InChI=1S/C10H10N2O6/c1-5(13)11-6-3-4-7(12(16)17)9(14)8(6)10(15)18-2/h3-4,14H,1-2H3,(H,11,13). The lowest BCUT2D eigenvalue weighted by molar-refractivity contribution is -0.385. The number of amides is 1. The third-order valence-corrected chi connectivity index (χ3v) is 2.05. The molecule has 0 saturated carbocycles. The number of phenols is 1. The van der Waals surface area contributed by atoms with E-state index in [1.807, 2.05) is 0 Å². The minimum Gasteiger partial charge on any atom is -0.501 e. The van der Waals surface area contributed by atoms with Gasteiger partial charge in [-0.1, -0.05) is 0 Å².